The maximum Gasteiger partial charge on any atom is 0.169 e. The summed E-state index contributed by atoms with van der Waals surface area (Å²) in [4.78, 5) is 2.21. The highest BCUT2D eigenvalue weighted by atomic mass is 32.1. The van der Waals surface area contributed by atoms with Crippen LogP contribution < -0.4 is 5.32 Å². The predicted molar refractivity (Wildman–Crippen MR) is 60.8 cm³/mol. The molecule has 13 heavy (non-hydrogen) atoms. The van der Waals surface area contributed by atoms with Gasteiger partial charge in [0.15, 0.2) is 5.11 Å². The molecule has 0 atom stereocenters. The van der Waals surface area contributed by atoms with E-state index in [0.29, 0.717) is 6.04 Å². The summed E-state index contributed by atoms with van der Waals surface area (Å²) in [6, 6.07) is 0.430. The third-order valence-corrected chi connectivity index (χ3v) is 2.51. The third kappa shape index (κ3) is 3.35. The van der Waals surface area contributed by atoms with Crippen molar-refractivity contribution in [1.29, 1.82) is 0 Å². The molecule has 1 N–H and O–H groups in total. The first kappa shape index (κ1) is 10.5. The van der Waals surface area contributed by atoms with Crippen molar-refractivity contribution in [2.24, 2.45) is 0 Å². The number of thiocarbonyl (C=S) groups is 1. The highest BCUT2D eigenvalue weighted by Crippen LogP contribution is 2.09. The van der Waals surface area contributed by atoms with Crippen LogP contribution in [0.5, 0.6) is 0 Å². The van der Waals surface area contributed by atoms with Crippen molar-refractivity contribution in [3.05, 3.63) is 11.6 Å². The third-order valence-electron chi connectivity index (χ3n) is 2.14. The smallest absolute Gasteiger partial charge is 0.169 e. The summed E-state index contributed by atoms with van der Waals surface area (Å²) in [5.41, 5.74) is 1.48. The van der Waals surface area contributed by atoms with Crippen LogP contribution in [0.4, 0.5) is 0 Å². The minimum absolute atomic E-state index is 0.430. The SMILES string of the molecule is CC1=CCN(C(=S)NC(C)C)CC1. The Morgan fingerprint density at radius 3 is 2.77 bits per heavy atom. The van der Waals surface area contributed by atoms with Gasteiger partial charge in [-0.25, -0.2) is 0 Å². The molecule has 0 saturated heterocycles. The van der Waals surface area contributed by atoms with Crippen LogP contribution in [0.1, 0.15) is 27.2 Å². The zero-order valence-electron chi connectivity index (χ0n) is 8.63. The molecular formula is C10H18N2S. The van der Waals surface area contributed by atoms with E-state index in [9.17, 15) is 0 Å². The standard InChI is InChI=1S/C10H18N2S/c1-8(2)11-10(13)12-6-4-9(3)5-7-12/h4,8H,5-7H2,1-3H3,(H,11,13). The van der Waals surface area contributed by atoms with E-state index < -0.39 is 0 Å². The lowest BCUT2D eigenvalue weighted by atomic mass is 10.1. The second-order valence-electron chi connectivity index (χ2n) is 3.85. The Morgan fingerprint density at radius 2 is 2.31 bits per heavy atom. The number of rotatable bonds is 1. The van der Waals surface area contributed by atoms with E-state index in [1.54, 1.807) is 0 Å². The van der Waals surface area contributed by atoms with Gasteiger partial charge in [-0.2, -0.15) is 0 Å². The average Bonchev–Trinajstić information content (AvgIpc) is 2.04. The van der Waals surface area contributed by atoms with Crippen molar-refractivity contribution < 1.29 is 0 Å². The minimum atomic E-state index is 0.430. The molecule has 1 aliphatic heterocycles. The molecule has 2 nitrogen and oxygen atoms in total. The van der Waals surface area contributed by atoms with Gasteiger partial charge in [-0.3, -0.25) is 0 Å². The van der Waals surface area contributed by atoms with Gasteiger partial charge >= 0.3 is 0 Å². The van der Waals surface area contributed by atoms with Crippen LogP contribution in [0.2, 0.25) is 0 Å². The second kappa shape index (κ2) is 4.61. The summed E-state index contributed by atoms with van der Waals surface area (Å²) in [7, 11) is 0. The molecular weight excluding hydrogens is 180 g/mol. The predicted octanol–water partition coefficient (Wildman–Crippen LogP) is 1.92. The van der Waals surface area contributed by atoms with E-state index in [1.807, 2.05) is 0 Å². The van der Waals surface area contributed by atoms with E-state index in [-0.39, 0.29) is 0 Å². The lowest BCUT2D eigenvalue weighted by Crippen LogP contribution is -2.44. The van der Waals surface area contributed by atoms with Crippen molar-refractivity contribution >= 4 is 17.3 Å². The van der Waals surface area contributed by atoms with Gasteiger partial charge in [0.2, 0.25) is 0 Å². The van der Waals surface area contributed by atoms with E-state index in [1.165, 1.54) is 5.57 Å². The molecule has 0 spiro atoms. The van der Waals surface area contributed by atoms with Crippen molar-refractivity contribution in [2.45, 2.75) is 33.2 Å². The number of nitrogens with zero attached hydrogens (tertiary/aromatic N) is 1. The Balaban J connectivity index is 2.41. The summed E-state index contributed by atoms with van der Waals surface area (Å²) in [5.74, 6) is 0. The molecule has 0 fully saturated rings. The van der Waals surface area contributed by atoms with Crippen molar-refractivity contribution in [3.8, 4) is 0 Å². The van der Waals surface area contributed by atoms with E-state index >= 15 is 0 Å². The fraction of sp³-hybridized carbons (Fsp3) is 0.700. The summed E-state index contributed by atoms with van der Waals surface area (Å²) < 4.78 is 0. The molecule has 0 aromatic rings. The lowest BCUT2D eigenvalue weighted by Gasteiger charge is -2.29. The van der Waals surface area contributed by atoms with E-state index in [4.69, 9.17) is 12.2 Å². The highest BCUT2D eigenvalue weighted by Gasteiger charge is 2.12. The molecule has 0 aliphatic carbocycles. The first-order valence-corrected chi connectivity index (χ1v) is 5.21. The Labute approximate surface area is 86.0 Å². The average molecular weight is 198 g/mol. The van der Waals surface area contributed by atoms with Gasteiger partial charge < -0.3 is 10.2 Å². The Hall–Kier alpha value is -0.570. The van der Waals surface area contributed by atoms with Gasteiger partial charge in [-0.05, 0) is 39.4 Å². The van der Waals surface area contributed by atoms with Gasteiger partial charge in [-0.1, -0.05) is 11.6 Å². The monoisotopic (exact) mass is 198 g/mol. The van der Waals surface area contributed by atoms with Gasteiger partial charge in [0.05, 0.1) is 0 Å². The van der Waals surface area contributed by atoms with Crippen LogP contribution in [-0.2, 0) is 0 Å². The quantitative estimate of drug-likeness (QED) is 0.512. The zero-order valence-corrected chi connectivity index (χ0v) is 9.45. The summed E-state index contributed by atoms with van der Waals surface area (Å²) >= 11 is 5.27. The van der Waals surface area contributed by atoms with Gasteiger partial charge in [0.25, 0.3) is 0 Å². The molecule has 0 aromatic carbocycles. The number of nitrogens with one attached hydrogen (secondary N) is 1. The number of hydrogen-bond donors (Lipinski definition) is 1. The first-order chi connectivity index (χ1) is 6.09. The lowest BCUT2D eigenvalue weighted by molar-refractivity contribution is 0.432. The van der Waals surface area contributed by atoms with E-state index in [0.717, 1.165) is 24.6 Å². The molecule has 0 aromatic heterocycles. The molecule has 0 unspecified atom stereocenters. The number of hydrogen-bond acceptors (Lipinski definition) is 1. The van der Waals surface area contributed by atoms with Crippen LogP contribution in [0.25, 0.3) is 0 Å². The molecule has 1 aliphatic rings. The van der Waals surface area contributed by atoms with Crippen molar-refractivity contribution in [3.63, 3.8) is 0 Å². The molecule has 74 valence electrons. The fourth-order valence-electron chi connectivity index (χ4n) is 1.29. The van der Waals surface area contributed by atoms with Crippen molar-refractivity contribution in [2.75, 3.05) is 13.1 Å². The largest absolute Gasteiger partial charge is 0.360 e. The molecule has 0 saturated carbocycles. The van der Waals surface area contributed by atoms with Crippen LogP contribution in [0, 0.1) is 0 Å². The Kier molecular flexibility index (Phi) is 3.72. The topological polar surface area (TPSA) is 15.3 Å². The molecule has 0 amide bonds. The maximum absolute atomic E-state index is 5.27. The fourth-order valence-corrected chi connectivity index (χ4v) is 1.69. The maximum atomic E-state index is 5.27. The van der Waals surface area contributed by atoms with Crippen LogP contribution in [-0.4, -0.2) is 29.1 Å². The second-order valence-corrected chi connectivity index (χ2v) is 4.24. The van der Waals surface area contributed by atoms with Gasteiger partial charge in [0.1, 0.15) is 0 Å². The van der Waals surface area contributed by atoms with Crippen LogP contribution in [0.3, 0.4) is 0 Å². The molecule has 0 radical (unpaired) electrons. The summed E-state index contributed by atoms with van der Waals surface area (Å²) in [5, 5.41) is 4.14. The van der Waals surface area contributed by atoms with E-state index in [2.05, 4.69) is 37.1 Å². The molecule has 0 bridgehead atoms. The summed E-state index contributed by atoms with van der Waals surface area (Å²) in [6.45, 7) is 8.41. The first-order valence-electron chi connectivity index (χ1n) is 4.80. The molecule has 1 heterocycles. The van der Waals surface area contributed by atoms with Gasteiger partial charge in [0, 0.05) is 19.1 Å². The highest BCUT2D eigenvalue weighted by molar-refractivity contribution is 7.80. The normalized spacial score (nSPS) is 17.2. The van der Waals surface area contributed by atoms with Crippen LogP contribution in [0.15, 0.2) is 11.6 Å². The summed E-state index contributed by atoms with van der Waals surface area (Å²) in [6.07, 6.45) is 3.39. The van der Waals surface area contributed by atoms with Gasteiger partial charge in [-0.15, -0.1) is 0 Å². The zero-order chi connectivity index (χ0) is 9.84. The van der Waals surface area contributed by atoms with Crippen molar-refractivity contribution in [1.82, 2.24) is 10.2 Å². The minimum Gasteiger partial charge on any atom is -0.360 e. The Morgan fingerprint density at radius 1 is 1.62 bits per heavy atom. The van der Waals surface area contributed by atoms with Crippen LogP contribution >= 0.6 is 12.2 Å². The molecule has 1 rings (SSSR count). The Bertz CT molecular complexity index is 221. The molecule has 3 heteroatoms.